The molecule has 25 heavy (non-hydrogen) atoms. The highest BCUT2D eigenvalue weighted by atomic mass is 19.4. The van der Waals surface area contributed by atoms with Gasteiger partial charge in [0.15, 0.2) is 5.96 Å². The van der Waals surface area contributed by atoms with E-state index >= 15 is 0 Å². The van der Waals surface area contributed by atoms with Crippen LogP contribution in [0.4, 0.5) is 24.5 Å². The number of ether oxygens (including phenoxy) is 1. The molecule has 10 heteroatoms. The summed E-state index contributed by atoms with van der Waals surface area (Å²) in [5.74, 6) is -0.406. The van der Waals surface area contributed by atoms with Crippen molar-refractivity contribution < 1.29 is 22.8 Å². The molecule has 0 saturated heterocycles. The molecule has 0 aliphatic rings. The molecule has 0 fully saturated rings. The van der Waals surface area contributed by atoms with Crippen molar-refractivity contribution in [1.82, 2.24) is 0 Å². The van der Waals surface area contributed by atoms with Crippen LogP contribution in [-0.2, 0) is 6.54 Å². The van der Waals surface area contributed by atoms with E-state index in [1.54, 1.807) is 12.1 Å². The lowest BCUT2D eigenvalue weighted by molar-refractivity contribution is -0.385. The van der Waals surface area contributed by atoms with Gasteiger partial charge in [0.1, 0.15) is 5.75 Å². The van der Waals surface area contributed by atoms with E-state index in [0.29, 0.717) is 11.3 Å². The van der Waals surface area contributed by atoms with Gasteiger partial charge in [-0.15, -0.1) is 13.2 Å². The Morgan fingerprint density at radius 2 is 1.84 bits per heavy atom. The predicted molar refractivity (Wildman–Crippen MR) is 85.2 cm³/mol. The monoisotopic (exact) mass is 354 g/mol. The highest BCUT2D eigenvalue weighted by Gasteiger charge is 2.30. The zero-order valence-electron chi connectivity index (χ0n) is 12.7. The van der Waals surface area contributed by atoms with Gasteiger partial charge in [0.05, 0.1) is 17.0 Å². The summed E-state index contributed by atoms with van der Waals surface area (Å²) >= 11 is 0. The Bertz CT molecular complexity index is 776. The molecule has 0 heterocycles. The average molecular weight is 354 g/mol. The molecule has 2 rings (SSSR count). The number of benzene rings is 2. The lowest BCUT2D eigenvalue weighted by Gasteiger charge is -2.10. The third-order valence-corrected chi connectivity index (χ3v) is 2.97. The maximum atomic E-state index is 12.1. The number of nitro groups is 1. The fourth-order valence-corrected chi connectivity index (χ4v) is 1.92. The first-order chi connectivity index (χ1) is 11.7. The number of rotatable bonds is 5. The van der Waals surface area contributed by atoms with Crippen LogP contribution < -0.4 is 15.8 Å². The fourth-order valence-electron chi connectivity index (χ4n) is 1.92. The maximum Gasteiger partial charge on any atom is 0.573 e. The molecule has 3 N–H and O–H groups in total. The number of guanidine groups is 1. The number of nitrogens with zero attached hydrogens (tertiary/aromatic N) is 2. The van der Waals surface area contributed by atoms with E-state index in [4.69, 9.17) is 5.73 Å². The van der Waals surface area contributed by atoms with Gasteiger partial charge in [-0.25, -0.2) is 4.99 Å². The van der Waals surface area contributed by atoms with Crippen molar-refractivity contribution in [2.24, 2.45) is 10.7 Å². The Morgan fingerprint density at radius 1 is 1.20 bits per heavy atom. The molecule has 7 nitrogen and oxygen atoms in total. The van der Waals surface area contributed by atoms with Crippen LogP contribution >= 0.6 is 0 Å². The van der Waals surface area contributed by atoms with Gasteiger partial charge in [-0.2, -0.15) is 0 Å². The standard InChI is InChI=1S/C15H13F3N4O3/c16-15(17,18)25-12-7-5-11(6-8-12)21-14(19)20-9-10-3-1-2-4-13(10)22(23)24/h1-8H,9H2,(H3,19,20,21). The summed E-state index contributed by atoms with van der Waals surface area (Å²) in [4.78, 5) is 14.4. The summed E-state index contributed by atoms with van der Waals surface area (Å²) in [6.07, 6.45) is -4.76. The molecule has 2 aromatic rings. The van der Waals surface area contributed by atoms with Gasteiger partial charge in [0.2, 0.25) is 0 Å². The second kappa shape index (κ2) is 7.51. The van der Waals surface area contributed by atoms with E-state index in [1.165, 1.54) is 24.3 Å². The van der Waals surface area contributed by atoms with Crippen molar-refractivity contribution in [3.8, 4) is 5.75 Å². The Balaban J connectivity index is 2.01. The van der Waals surface area contributed by atoms with E-state index in [1.807, 2.05) is 0 Å². The first-order valence-electron chi connectivity index (χ1n) is 6.89. The molecular weight excluding hydrogens is 341 g/mol. The van der Waals surface area contributed by atoms with Crippen molar-refractivity contribution in [2.75, 3.05) is 5.32 Å². The molecule has 0 unspecified atom stereocenters. The molecule has 2 aromatic carbocycles. The number of halogens is 3. The summed E-state index contributed by atoms with van der Waals surface area (Å²) < 4.78 is 40.0. The first-order valence-corrected chi connectivity index (χ1v) is 6.89. The summed E-state index contributed by atoms with van der Waals surface area (Å²) in [6, 6.07) is 11.0. The average Bonchev–Trinajstić information content (AvgIpc) is 2.53. The van der Waals surface area contributed by atoms with Crippen molar-refractivity contribution in [2.45, 2.75) is 12.9 Å². The molecule has 0 aliphatic heterocycles. The maximum absolute atomic E-state index is 12.1. The number of nitrogens with two attached hydrogens (primary N) is 1. The van der Waals surface area contributed by atoms with Crippen LogP contribution in [0.3, 0.4) is 0 Å². The van der Waals surface area contributed by atoms with E-state index in [-0.39, 0.29) is 23.9 Å². The van der Waals surface area contributed by atoms with Gasteiger partial charge in [-0.1, -0.05) is 18.2 Å². The topological polar surface area (TPSA) is 103 Å². The molecule has 0 bridgehead atoms. The summed E-state index contributed by atoms with van der Waals surface area (Å²) in [6.45, 7) is -0.0226. The molecule has 0 spiro atoms. The molecule has 0 aliphatic carbocycles. The Kier molecular flexibility index (Phi) is 5.42. The van der Waals surface area contributed by atoms with Gasteiger partial charge >= 0.3 is 6.36 Å². The van der Waals surface area contributed by atoms with Crippen LogP contribution in [0.1, 0.15) is 5.56 Å². The second-order valence-corrected chi connectivity index (χ2v) is 4.78. The molecule has 0 amide bonds. The quantitative estimate of drug-likeness (QED) is 0.371. The minimum Gasteiger partial charge on any atom is -0.406 e. The third kappa shape index (κ3) is 5.68. The second-order valence-electron chi connectivity index (χ2n) is 4.78. The van der Waals surface area contributed by atoms with Crippen molar-refractivity contribution in [3.05, 3.63) is 64.2 Å². The van der Waals surface area contributed by atoms with Crippen molar-refractivity contribution in [1.29, 1.82) is 0 Å². The number of aliphatic imine (C=N–C) groups is 1. The van der Waals surface area contributed by atoms with Crippen molar-refractivity contribution in [3.63, 3.8) is 0 Å². The lowest BCUT2D eigenvalue weighted by Crippen LogP contribution is -2.22. The van der Waals surface area contributed by atoms with Gasteiger partial charge in [0, 0.05) is 11.8 Å². The number of nitrogens with one attached hydrogen (secondary N) is 1. The molecule has 0 atom stereocenters. The molecule has 0 saturated carbocycles. The van der Waals surface area contributed by atoms with E-state index in [9.17, 15) is 23.3 Å². The van der Waals surface area contributed by atoms with E-state index in [2.05, 4.69) is 15.0 Å². The molecular formula is C15H13F3N4O3. The number of hydrogen-bond donors (Lipinski definition) is 2. The summed E-state index contributed by atoms with van der Waals surface area (Å²) in [5.41, 5.74) is 6.37. The minimum atomic E-state index is -4.76. The normalized spacial score (nSPS) is 11.9. The Labute approximate surface area is 140 Å². The third-order valence-electron chi connectivity index (χ3n) is 2.97. The number of alkyl halides is 3. The van der Waals surface area contributed by atoms with Crippen LogP contribution in [-0.4, -0.2) is 17.2 Å². The van der Waals surface area contributed by atoms with Crippen molar-refractivity contribution >= 4 is 17.3 Å². The van der Waals surface area contributed by atoms with Gasteiger partial charge in [0.25, 0.3) is 5.69 Å². The van der Waals surface area contributed by atoms with E-state index < -0.39 is 11.3 Å². The number of hydrogen-bond acceptors (Lipinski definition) is 4. The fraction of sp³-hybridized carbons (Fsp3) is 0.133. The Hall–Kier alpha value is -3.30. The molecule has 0 aromatic heterocycles. The highest BCUT2D eigenvalue weighted by Crippen LogP contribution is 2.24. The Morgan fingerprint density at radius 3 is 2.44 bits per heavy atom. The minimum absolute atomic E-state index is 0.0226. The molecule has 0 radical (unpaired) electrons. The first kappa shape index (κ1) is 18.0. The van der Waals surface area contributed by atoms with Crippen LogP contribution in [0.15, 0.2) is 53.5 Å². The zero-order valence-corrected chi connectivity index (χ0v) is 12.7. The van der Waals surface area contributed by atoms with Crippen LogP contribution in [0.2, 0.25) is 0 Å². The zero-order chi connectivity index (χ0) is 18.4. The summed E-state index contributed by atoms with van der Waals surface area (Å²) in [5, 5.41) is 13.6. The number of nitro benzene ring substituents is 1. The largest absolute Gasteiger partial charge is 0.573 e. The molecule has 132 valence electrons. The highest BCUT2D eigenvalue weighted by molar-refractivity contribution is 5.92. The SMILES string of the molecule is NC(=NCc1ccccc1[N+](=O)[O-])Nc1ccc(OC(F)(F)F)cc1. The lowest BCUT2D eigenvalue weighted by atomic mass is 10.2. The smallest absolute Gasteiger partial charge is 0.406 e. The predicted octanol–water partition coefficient (Wildman–Crippen LogP) is 3.42. The van der Waals surface area contributed by atoms with Gasteiger partial charge in [-0.3, -0.25) is 10.1 Å². The van der Waals surface area contributed by atoms with Crippen LogP contribution in [0.5, 0.6) is 5.75 Å². The number of para-hydroxylation sites is 1. The van der Waals surface area contributed by atoms with Gasteiger partial charge in [-0.05, 0) is 24.3 Å². The van der Waals surface area contributed by atoms with Gasteiger partial charge < -0.3 is 15.8 Å². The van der Waals surface area contributed by atoms with Crippen LogP contribution in [0, 0.1) is 10.1 Å². The summed E-state index contributed by atoms with van der Waals surface area (Å²) in [7, 11) is 0. The van der Waals surface area contributed by atoms with Crippen LogP contribution in [0.25, 0.3) is 0 Å². The number of anilines is 1. The van der Waals surface area contributed by atoms with E-state index in [0.717, 1.165) is 12.1 Å².